The number of amidine groups is 1. The second kappa shape index (κ2) is 11.5. The van der Waals surface area contributed by atoms with E-state index in [2.05, 4.69) is 14.5 Å². The summed E-state index contributed by atoms with van der Waals surface area (Å²) >= 11 is 5.85. The van der Waals surface area contributed by atoms with Gasteiger partial charge in [0.15, 0.2) is 0 Å². The number of rotatable bonds is 9. The number of halogens is 2. The number of piperidine rings is 1. The van der Waals surface area contributed by atoms with Gasteiger partial charge in [0, 0.05) is 34.9 Å². The Hall–Kier alpha value is -3.60. The SMILES string of the molecule is N=C(N)c1cc2nc(CN3CCC(c4cccc(OCc5ccc(Cl)cc5F)n4)CC3)n(C[C@@H]3CCO3)c2cn1. The number of nitrogens with two attached hydrogens (primary N) is 1. The van der Waals surface area contributed by atoms with Crippen LogP contribution in [0.25, 0.3) is 11.0 Å². The Kier molecular flexibility index (Phi) is 7.64. The molecule has 1 atom stereocenters. The summed E-state index contributed by atoms with van der Waals surface area (Å²) < 4.78 is 27.8. The summed E-state index contributed by atoms with van der Waals surface area (Å²) in [6.07, 6.45) is 4.91. The van der Waals surface area contributed by atoms with Crippen molar-refractivity contribution in [3.8, 4) is 5.88 Å². The molecular weight excluding hydrogens is 533 g/mol. The maximum absolute atomic E-state index is 14.1. The second-order valence-corrected chi connectivity index (χ2v) is 10.8. The molecule has 0 amide bonds. The molecule has 2 aliphatic rings. The second-order valence-electron chi connectivity index (χ2n) is 10.4. The molecule has 4 aromatic rings. The van der Waals surface area contributed by atoms with Gasteiger partial charge in [-0.2, -0.15) is 0 Å². The van der Waals surface area contributed by atoms with Gasteiger partial charge in [0.2, 0.25) is 5.88 Å². The number of benzene rings is 1. The Morgan fingerprint density at radius 1 is 1.15 bits per heavy atom. The molecule has 3 aromatic heterocycles. The van der Waals surface area contributed by atoms with Crippen LogP contribution in [-0.4, -0.2) is 56.1 Å². The molecule has 11 heteroatoms. The predicted molar refractivity (Wildman–Crippen MR) is 150 cm³/mol. The summed E-state index contributed by atoms with van der Waals surface area (Å²) in [7, 11) is 0. The largest absolute Gasteiger partial charge is 0.473 e. The topological polar surface area (TPSA) is 115 Å². The number of likely N-dealkylation sites (tertiary alicyclic amines) is 1. The molecule has 3 N–H and O–H groups in total. The zero-order valence-electron chi connectivity index (χ0n) is 22.0. The predicted octanol–water partition coefficient (Wildman–Crippen LogP) is 4.65. The van der Waals surface area contributed by atoms with E-state index in [-0.39, 0.29) is 24.4 Å². The van der Waals surface area contributed by atoms with E-state index in [0.29, 0.717) is 34.6 Å². The molecule has 0 bridgehead atoms. The highest BCUT2D eigenvalue weighted by atomic mass is 35.5. The Labute approximate surface area is 236 Å². The van der Waals surface area contributed by atoms with Gasteiger partial charge in [-0.1, -0.05) is 23.7 Å². The first kappa shape index (κ1) is 26.6. The maximum Gasteiger partial charge on any atom is 0.213 e. The summed E-state index contributed by atoms with van der Waals surface area (Å²) in [5, 5.41) is 8.09. The number of hydrogen-bond acceptors (Lipinski definition) is 7. The number of nitrogens with zero attached hydrogens (tertiary/aromatic N) is 5. The first-order valence-corrected chi connectivity index (χ1v) is 13.9. The average Bonchev–Trinajstić information content (AvgIpc) is 3.26. The molecule has 40 heavy (non-hydrogen) atoms. The normalized spacial score (nSPS) is 18.1. The van der Waals surface area contributed by atoms with Crippen LogP contribution >= 0.6 is 11.6 Å². The summed E-state index contributed by atoms with van der Waals surface area (Å²) in [6.45, 7) is 4.16. The van der Waals surface area contributed by atoms with Crippen molar-refractivity contribution < 1.29 is 13.9 Å². The minimum atomic E-state index is -0.389. The van der Waals surface area contributed by atoms with Crippen LogP contribution in [0.2, 0.25) is 5.02 Å². The highest BCUT2D eigenvalue weighted by Gasteiger charge is 2.26. The number of nitrogens with one attached hydrogen (secondary N) is 1. The molecule has 0 saturated carbocycles. The molecule has 9 nitrogen and oxygen atoms in total. The van der Waals surface area contributed by atoms with E-state index in [4.69, 9.17) is 42.2 Å². The number of aromatic nitrogens is 4. The quantitative estimate of drug-likeness (QED) is 0.225. The van der Waals surface area contributed by atoms with Crippen LogP contribution in [0.3, 0.4) is 0 Å². The van der Waals surface area contributed by atoms with Crippen LogP contribution in [-0.2, 0) is 24.4 Å². The standard InChI is InChI=1S/C29H31ClFN7O2/c30-20-5-4-19(22(31)12-20)17-40-28-3-1-2-23(36-28)18-6-9-37(10-7-18)16-27-35-24-13-25(29(32)33)34-14-26(24)38(27)15-21-8-11-39-21/h1-5,12-14,18,21H,6-11,15-17H2,(H3,32,33)/t21-/m0/s1. The van der Waals surface area contributed by atoms with Gasteiger partial charge in [0.25, 0.3) is 0 Å². The Balaban J connectivity index is 1.11. The van der Waals surface area contributed by atoms with Crippen LogP contribution < -0.4 is 10.5 Å². The molecule has 6 rings (SSSR count). The number of ether oxygens (including phenoxy) is 2. The van der Waals surface area contributed by atoms with E-state index in [9.17, 15) is 4.39 Å². The van der Waals surface area contributed by atoms with Crippen molar-refractivity contribution in [3.05, 3.63) is 82.3 Å². The summed E-state index contributed by atoms with van der Waals surface area (Å²) in [5.41, 5.74) is 9.25. The molecule has 2 saturated heterocycles. The maximum atomic E-state index is 14.1. The third-order valence-corrected chi connectivity index (χ3v) is 7.91. The molecule has 0 unspecified atom stereocenters. The van der Waals surface area contributed by atoms with Gasteiger partial charge < -0.3 is 19.8 Å². The smallest absolute Gasteiger partial charge is 0.213 e. The van der Waals surface area contributed by atoms with Crippen molar-refractivity contribution in [1.29, 1.82) is 5.41 Å². The van der Waals surface area contributed by atoms with Gasteiger partial charge >= 0.3 is 0 Å². The van der Waals surface area contributed by atoms with E-state index in [1.807, 2.05) is 12.1 Å². The van der Waals surface area contributed by atoms with E-state index in [1.165, 1.54) is 6.07 Å². The van der Waals surface area contributed by atoms with E-state index < -0.39 is 0 Å². The van der Waals surface area contributed by atoms with Crippen molar-refractivity contribution in [2.45, 2.75) is 51.0 Å². The lowest BCUT2D eigenvalue weighted by Crippen LogP contribution is -2.35. The summed E-state index contributed by atoms with van der Waals surface area (Å²) in [4.78, 5) is 16.4. The molecule has 1 aromatic carbocycles. The molecule has 2 fully saturated rings. The number of fused-ring (bicyclic) bond motifs is 1. The third kappa shape index (κ3) is 5.79. The molecule has 0 aliphatic carbocycles. The van der Waals surface area contributed by atoms with Crippen molar-refractivity contribution in [3.63, 3.8) is 0 Å². The lowest BCUT2D eigenvalue weighted by Gasteiger charge is -2.32. The van der Waals surface area contributed by atoms with Crippen LogP contribution in [0.5, 0.6) is 5.88 Å². The van der Waals surface area contributed by atoms with Crippen LogP contribution in [0, 0.1) is 11.2 Å². The van der Waals surface area contributed by atoms with E-state index in [0.717, 1.165) is 68.1 Å². The molecule has 5 heterocycles. The average molecular weight is 564 g/mol. The minimum Gasteiger partial charge on any atom is -0.473 e. The molecule has 0 radical (unpaired) electrons. The monoisotopic (exact) mass is 563 g/mol. The fourth-order valence-electron chi connectivity index (χ4n) is 5.29. The molecular formula is C29H31ClFN7O2. The van der Waals surface area contributed by atoms with Crippen molar-refractivity contribution in [2.24, 2.45) is 5.73 Å². The Bertz CT molecular complexity index is 1530. The number of hydrogen-bond donors (Lipinski definition) is 2. The fraction of sp³-hybridized carbons (Fsp3) is 0.379. The van der Waals surface area contributed by atoms with Gasteiger partial charge in [-0.15, -0.1) is 0 Å². The summed E-state index contributed by atoms with van der Waals surface area (Å²) in [6, 6.07) is 12.1. The van der Waals surface area contributed by atoms with Crippen molar-refractivity contribution in [1.82, 2.24) is 24.4 Å². The zero-order chi connectivity index (χ0) is 27.6. The Morgan fingerprint density at radius 2 is 1.98 bits per heavy atom. The van der Waals surface area contributed by atoms with Crippen molar-refractivity contribution in [2.75, 3.05) is 19.7 Å². The van der Waals surface area contributed by atoms with Crippen LogP contribution in [0.4, 0.5) is 4.39 Å². The van der Waals surface area contributed by atoms with Crippen LogP contribution in [0.1, 0.15) is 48.0 Å². The first-order valence-electron chi connectivity index (χ1n) is 13.5. The number of imidazole rings is 1. The van der Waals surface area contributed by atoms with E-state index in [1.54, 1.807) is 30.5 Å². The third-order valence-electron chi connectivity index (χ3n) is 7.68. The van der Waals surface area contributed by atoms with Gasteiger partial charge in [-0.05, 0) is 56.6 Å². The Morgan fingerprint density at radius 3 is 2.70 bits per heavy atom. The van der Waals surface area contributed by atoms with Crippen molar-refractivity contribution >= 4 is 28.5 Å². The lowest BCUT2D eigenvalue weighted by atomic mass is 9.93. The first-order chi connectivity index (χ1) is 19.4. The van der Waals surface area contributed by atoms with Gasteiger partial charge in [-0.3, -0.25) is 15.3 Å². The number of nitrogen functional groups attached to an aromatic ring is 1. The van der Waals surface area contributed by atoms with Gasteiger partial charge in [0.1, 0.15) is 29.8 Å². The van der Waals surface area contributed by atoms with Gasteiger partial charge in [0.05, 0.1) is 36.4 Å². The zero-order valence-corrected chi connectivity index (χ0v) is 22.8. The lowest BCUT2D eigenvalue weighted by molar-refractivity contribution is -0.0592. The molecule has 208 valence electrons. The summed E-state index contributed by atoms with van der Waals surface area (Å²) in [5.74, 6) is 1.31. The van der Waals surface area contributed by atoms with Crippen LogP contribution in [0.15, 0.2) is 48.7 Å². The minimum absolute atomic E-state index is 0.0670. The highest BCUT2D eigenvalue weighted by Crippen LogP contribution is 2.30. The highest BCUT2D eigenvalue weighted by molar-refractivity contribution is 6.30. The number of pyridine rings is 2. The molecule has 2 aliphatic heterocycles. The molecule has 0 spiro atoms. The van der Waals surface area contributed by atoms with E-state index >= 15 is 0 Å². The van der Waals surface area contributed by atoms with Gasteiger partial charge in [-0.25, -0.2) is 14.4 Å². The fourth-order valence-corrected chi connectivity index (χ4v) is 5.45.